The van der Waals surface area contributed by atoms with Crippen LogP contribution >= 0.6 is 27.3 Å². The van der Waals surface area contributed by atoms with Gasteiger partial charge in [0.1, 0.15) is 0 Å². The van der Waals surface area contributed by atoms with Crippen LogP contribution in [0.4, 0.5) is 4.39 Å². The Balaban J connectivity index is 2.28. The number of nitrogens with zero attached hydrogens (tertiary/aromatic N) is 1. The molecule has 0 saturated carbocycles. The van der Waals surface area contributed by atoms with Crippen LogP contribution in [0.5, 0.6) is 10.8 Å². The standard InChI is InChI=1S/C12H9BrFNO3S/c1-6-12(19-10(15-6)11(16)17-2)18-9-4-3-7(13)5-8(9)14/h3-5H,1-2H3. The van der Waals surface area contributed by atoms with E-state index in [9.17, 15) is 9.18 Å². The lowest BCUT2D eigenvalue weighted by Gasteiger charge is -2.04. The van der Waals surface area contributed by atoms with Gasteiger partial charge in [-0.3, -0.25) is 0 Å². The maximum Gasteiger partial charge on any atom is 0.367 e. The summed E-state index contributed by atoms with van der Waals surface area (Å²) in [6.45, 7) is 1.68. The number of esters is 1. The van der Waals surface area contributed by atoms with Gasteiger partial charge in [-0.25, -0.2) is 14.2 Å². The molecule has 0 aliphatic rings. The number of ether oxygens (including phenoxy) is 2. The summed E-state index contributed by atoms with van der Waals surface area (Å²) >= 11 is 4.18. The molecule has 100 valence electrons. The molecule has 0 amide bonds. The number of carbonyl (C=O) groups is 1. The number of thiazole rings is 1. The summed E-state index contributed by atoms with van der Waals surface area (Å²) in [6.07, 6.45) is 0. The highest BCUT2D eigenvalue weighted by Gasteiger charge is 2.17. The number of carbonyl (C=O) groups excluding carboxylic acids is 1. The molecule has 0 atom stereocenters. The van der Waals surface area contributed by atoms with Crippen molar-refractivity contribution < 1.29 is 18.7 Å². The van der Waals surface area contributed by atoms with E-state index >= 15 is 0 Å². The van der Waals surface area contributed by atoms with Crippen LogP contribution in [0.1, 0.15) is 15.5 Å². The van der Waals surface area contributed by atoms with Crippen molar-refractivity contribution in [3.05, 3.63) is 39.2 Å². The van der Waals surface area contributed by atoms with Gasteiger partial charge in [0.2, 0.25) is 10.1 Å². The summed E-state index contributed by atoms with van der Waals surface area (Å²) in [5, 5.41) is 0.536. The molecule has 2 rings (SSSR count). The van der Waals surface area contributed by atoms with Crippen molar-refractivity contribution >= 4 is 33.2 Å². The quantitative estimate of drug-likeness (QED) is 0.790. The van der Waals surface area contributed by atoms with Gasteiger partial charge in [-0.05, 0) is 25.1 Å². The summed E-state index contributed by atoms with van der Waals surface area (Å²) in [5.41, 5.74) is 0.507. The number of halogens is 2. The van der Waals surface area contributed by atoms with Gasteiger partial charge < -0.3 is 9.47 Å². The lowest BCUT2D eigenvalue weighted by atomic mass is 10.3. The number of aryl methyl sites for hydroxylation is 1. The van der Waals surface area contributed by atoms with Gasteiger partial charge in [0.25, 0.3) is 0 Å². The smallest absolute Gasteiger partial charge is 0.367 e. The van der Waals surface area contributed by atoms with Gasteiger partial charge >= 0.3 is 5.97 Å². The third-order valence-corrected chi connectivity index (χ3v) is 3.72. The maximum atomic E-state index is 13.6. The highest BCUT2D eigenvalue weighted by atomic mass is 79.9. The molecule has 1 heterocycles. The minimum Gasteiger partial charge on any atom is -0.464 e. The van der Waals surface area contributed by atoms with Crippen LogP contribution in [0.15, 0.2) is 22.7 Å². The molecule has 0 unspecified atom stereocenters. The molecule has 0 bridgehead atoms. The SMILES string of the molecule is COC(=O)c1nc(C)c(Oc2ccc(Br)cc2F)s1. The number of benzene rings is 1. The molecule has 0 fully saturated rings. The van der Waals surface area contributed by atoms with Crippen LogP contribution in [0.2, 0.25) is 0 Å². The first kappa shape index (κ1) is 14.0. The summed E-state index contributed by atoms with van der Waals surface area (Å²) in [4.78, 5) is 15.3. The van der Waals surface area contributed by atoms with Crippen LogP contribution in [-0.4, -0.2) is 18.1 Å². The maximum absolute atomic E-state index is 13.6. The summed E-state index contributed by atoms with van der Waals surface area (Å²) < 4.78 is 24.2. The van der Waals surface area contributed by atoms with E-state index in [1.54, 1.807) is 13.0 Å². The van der Waals surface area contributed by atoms with E-state index < -0.39 is 11.8 Å². The van der Waals surface area contributed by atoms with Gasteiger partial charge in [-0.2, -0.15) is 0 Å². The van der Waals surface area contributed by atoms with Crippen molar-refractivity contribution in [1.29, 1.82) is 0 Å². The fourth-order valence-corrected chi connectivity index (χ4v) is 2.49. The zero-order chi connectivity index (χ0) is 14.0. The van der Waals surface area contributed by atoms with Crippen molar-refractivity contribution in [2.24, 2.45) is 0 Å². The van der Waals surface area contributed by atoms with E-state index in [-0.39, 0.29) is 10.8 Å². The molecule has 0 aliphatic heterocycles. The topological polar surface area (TPSA) is 48.4 Å². The minimum absolute atomic E-state index is 0.0753. The Hall–Kier alpha value is -1.47. The van der Waals surface area contributed by atoms with E-state index in [1.165, 1.54) is 19.2 Å². The van der Waals surface area contributed by atoms with Gasteiger partial charge in [0.15, 0.2) is 11.6 Å². The van der Waals surface area contributed by atoms with E-state index in [0.717, 1.165) is 11.3 Å². The van der Waals surface area contributed by atoms with E-state index in [1.807, 2.05) is 0 Å². The molecule has 0 radical (unpaired) electrons. The van der Waals surface area contributed by atoms with Crippen molar-refractivity contribution in [3.8, 4) is 10.8 Å². The molecule has 0 spiro atoms. The number of hydrogen-bond acceptors (Lipinski definition) is 5. The van der Waals surface area contributed by atoms with Gasteiger partial charge in [0, 0.05) is 4.47 Å². The molecule has 19 heavy (non-hydrogen) atoms. The fraction of sp³-hybridized carbons (Fsp3) is 0.167. The second-order valence-corrected chi connectivity index (χ2v) is 5.44. The molecule has 0 saturated heterocycles. The summed E-state index contributed by atoms with van der Waals surface area (Å²) in [5.74, 6) is -0.965. The molecular weight excluding hydrogens is 337 g/mol. The average molecular weight is 346 g/mol. The number of aromatic nitrogens is 1. The first-order chi connectivity index (χ1) is 9.01. The average Bonchev–Trinajstić information content (AvgIpc) is 2.73. The zero-order valence-corrected chi connectivity index (χ0v) is 12.5. The summed E-state index contributed by atoms with van der Waals surface area (Å²) in [7, 11) is 1.27. The highest BCUT2D eigenvalue weighted by Crippen LogP contribution is 2.33. The molecule has 1 aromatic heterocycles. The van der Waals surface area contributed by atoms with Crippen molar-refractivity contribution in [3.63, 3.8) is 0 Å². The molecule has 2 aromatic rings. The summed E-state index contributed by atoms with van der Waals surface area (Å²) in [6, 6.07) is 4.46. The molecule has 1 aromatic carbocycles. The Kier molecular flexibility index (Phi) is 4.16. The first-order valence-electron chi connectivity index (χ1n) is 5.20. The lowest BCUT2D eigenvalue weighted by Crippen LogP contribution is -1.99. The van der Waals surface area contributed by atoms with Crippen LogP contribution in [-0.2, 0) is 4.74 Å². The first-order valence-corrected chi connectivity index (χ1v) is 6.81. The number of methoxy groups -OCH3 is 1. The Labute approximate surface area is 121 Å². The third kappa shape index (κ3) is 3.10. The van der Waals surface area contributed by atoms with E-state index in [2.05, 4.69) is 25.7 Å². The predicted molar refractivity (Wildman–Crippen MR) is 72.4 cm³/mol. The second-order valence-electron chi connectivity index (χ2n) is 3.56. The Bertz CT molecular complexity index is 629. The van der Waals surface area contributed by atoms with Crippen molar-refractivity contribution in [2.75, 3.05) is 7.11 Å². The predicted octanol–water partition coefficient (Wildman–Crippen LogP) is 3.93. The molecule has 0 aliphatic carbocycles. The molecule has 7 heteroatoms. The Morgan fingerprint density at radius 1 is 1.47 bits per heavy atom. The monoisotopic (exact) mass is 345 g/mol. The van der Waals surface area contributed by atoms with E-state index in [4.69, 9.17) is 4.74 Å². The molecule has 4 nitrogen and oxygen atoms in total. The van der Waals surface area contributed by atoms with Crippen LogP contribution in [0.3, 0.4) is 0 Å². The molecular formula is C12H9BrFNO3S. The highest BCUT2D eigenvalue weighted by molar-refractivity contribution is 9.10. The van der Waals surface area contributed by atoms with Crippen molar-refractivity contribution in [1.82, 2.24) is 4.98 Å². The minimum atomic E-state index is -0.542. The Morgan fingerprint density at radius 3 is 2.84 bits per heavy atom. The second kappa shape index (κ2) is 5.66. The molecule has 0 N–H and O–H groups in total. The van der Waals surface area contributed by atoms with Gasteiger partial charge in [-0.1, -0.05) is 27.3 Å². The van der Waals surface area contributed by atoms with Crippen molar-refractivity contribution in [2.45, 2.75) is 6.92 Å². The van der Waals surface area contributed by atoms with Crippen LogP contribution < -0.4 is 4.74 Å². The largest absolute Gasteiger partial charge is 0.464 e. The normalized spacial score (nSPS) is 10.3. The third-order valence-electron chi connectivity index (χ3n) is 2.21. The van der Waals surface area contributed by atoms with Crippen LogP contribution in [0.25, 0.3) is 0 Å². The fourth-order valence-electron chi connectivity index (χ4n) is 1.31. The lowest BCUT2D eigenvalue weighted by molar-refractivity contribution is 0.0600. The number of rotatable bonds is 3. The van der Waals surface area contributed by atoms with Gasteiger partial charge in [-0.15, -0.1) is 0 Å². The number of hydrogen-bond donors (Lipinski definition) is 0. The Morgan fingerprint density at radius 2 is 2.21 bits per heavy atom. The van der Waals surface area contributed by atoms with Crippen LogP contribution in [0, 0.1) is 12.7 Å². The zero-order valence-electron chi connectivity index (χ0n) is 10.1. The van der Waals surface area contributed by atoms with E-state index in [0.29, 0.717) is 15.2 Å². The van der Waals surface area contributed by atoms with Gasteiger partial charge in [0.05, 0.1) is 12.8 Å².